The van der Waals surface area contributed by atoms with Crippen LogP contribution < -0.4 is 5.32 Å². The van der Waals surface area contributed by atoms with Crippen molar-refractivity contribution in [2.45, 2.75) is 32.2 Å². The highest BCUT2D eigenvalue weighted by Crippen LogP contribution is 2.31. The third-order valence-electron chi connectivity index (χ3n) is 7.49. The highest BCUT2D eigenvalue weighted by Gasteiger charge is 2.35. The molecule has 2 fully saturated rings. The molecule has 1 aliphatic carbocycles. The lowest BCUT2D eigenvalue weighted by Gasteiger charge is -2.33. The molecule has 10 nitrogen and oxygen atoms in total. The minimum absolute atomic E-state index is 0.0126. The van der Waals surface area contributed by atoms with Crippen molar-refractivity contribution in [1.82, 2.24) is 34.5 Å². The first-order chi connectivity index (χ1) is 18.7. The summed E-state index contributed by atoms with van der Waals surface area (Å²) in [5, 5.41) is 8.71. The van der Waals surface area contributed by atoms with Gasteiger partial charge in [-0.25, -0.2) is 23.4 Å². The number of anilines is 1. The Balaban J connectivity index is 1.24. The van der Waals surface area contributed by atoms with Crippen LogP contribution in [0.25, 0.3) is 27.6 Å². The number of aryl methyl sites for hydroxylation is 1. The van der Waals surface area contributed by atoms with Crippen molar-refractivity contribution in [3.63, 3.8) is 0 Å². The van der Waals surface area contributed by atoms with Crippen molar-refractivity contribution in [2.75, 3.05) is 32.0 Å². The summed E-state index contributed by atoms with van der Waals surface area (Å²) in [5.41, 5.74) is 0.994. The Hall–Kier alpha value is -3.74. The van der Waals surface area contributed by atoms with Gasteiger partial charge in [-0.3, -0.25) is 9.59 Å². The molecule has 202 valence electrons. The van der Waals surface area contributed by atoms with Crippen LogP contribution in [0.4, 0.5) is 14.7 Å². The molecule has 0 bridgehead atoms. The number of rotatable bonds is 4. The van der Waals surface area contributed by atoms with Crippen molar-refractivity contribution < 1.29 is 18.4 Å². The smallest absolute Gasteiger partial charge is 0.241 e. The van der Waals surface area contributed by atoms with E-state index in [4.69, 9.17) is 0 Å². The highest BCUT2D eigenvalue weighted by atomic mass is 79.9. The van der Waals surface area contributed by atoms with Gasteiger partial charge in [0.1, 0.15) is 15.9 Å². The molecule has 4 aromatic rings. The molecule has 2 atom stereocenters. The van der Waals surface area contributed by atoms with E-state index < -0.39 is 11.6 Å². The summed E-state index contributed by atoms with van der Waals surface area (Å²) in [6.07, 6.45) is 3.70. The SMILES string of the molecule is Cc1nc2c(F)cc(-n3nc(Br)c4cnc(N[C@@H]5CC[C@@H](C(=O)N6CCN(C)C(=O)C6)C5)nc43)cc2cc1F. The number of benzene rings is 1. The Morgan fingerprint density at radius 1 is 1.13 bits per heavy atom. The molecule has 0 spiro atoms. The molecule has 39 heavy (non-hydrogen) atoms. The van der Waals surface area contributed by atoms with E-state index in [1.165, 1.54) is 23.7 Å². The second kappa shape index (κ2) is 9.78. The maximum atomic E-state index is 14.9. The number of halogens is 3. The van der Waals surface area contributed by atoms with Gasteiger partial charge in [-0.2, -0.15) is 10.1 Å². The zero-order chi connectivity index (χ0) is 27.4. The number of fused-ring (bicyclic) bond motifs is 2. The number of carbonyl (C=O) groups is 2. The van der Waals surface area contributed by atoms with Gasteiger partial charge >= 0.3 is 0 Å². The van der Waals surface area contributed by atoms with Crippen LogP contribution in [0.3, 0.4) is 0 Å². The Kier molecular flexibility index (Phi) is 6.40. The lowest BCUT2D eigenvalue weighted by atomic mass is 10.1. The van der Waals surface area contributed by atoms with Crippen molar-refractivity contribution in [2.24, 2.45) is 5.92 Å². The van der Waals surface area contributed by atoms with Gasteiger partial charge in [0.2, 0.25) is 17.8 Å². The number of nitrogens with one attached hydrogen (secondary N) is 1. The number of pyridine rings is 1. The van der Waals surface area contributed by atoms with Crippen molar-refractivity contribution in [3.05, 3.63) is 46.3 Å². The number of nitrogens with zero attached hydrogens (tertiary/aromatic N) is 7. The second-order valence-corrected chi connectivity index (χ2v) is 10.9. The molecule has 2 amide bonds. The monoisotopic (exact) mass is 598 g/mol. The van der Waals surface area contributed by atoms with Crippen LogP contribution in [0.5, 0.6) is 0 Å². The number of carbonyl (C=O) groups excluding carboxylic acids is 2. The van der Waals surface area contributed by atoms with E-state index in [9.17, 15) is 18.4 Å². The van der Waals surface area contributed by atoms with E-state index in [0.717, 1.165) is 6.42 Å². The number of hydrogen-bond donors (Lipinski definition) is 1. The van der Waals surface area contributed by atoms with Crippen molar-refractivity contribution in [3.8, 4) is 5.69 Å². The van der Waals surface area contributed by atoms with Crippen LogP contribution in [0.15, 0.2) is 29.0 Å². The molecule has 0 unspecified atom stereocenters. The maximum absolute atomic E-state index is 14.9. The van der Waals surface area contributed by atoms with Crippen molar-refractivity contribution >= 4 is 55.6 Å². The molecule has 13 heteroatoms. The molecule has 1 aliphatic heterocycles. The predicted molar refractivity (Wildman–Crippen MR) is 143 cm³/mol. The molecule has 0 radical (unpaired) electrons. The summed E-state index contributed by atoms with van der Waals surface area (Å²) in [6, 6.07) is 4.13. The number of aromatic nitrogens is 5. The normalized spacial score (nSPS) is 19.9. The standard InChI is InChI=1S/C26H25BrF2N8O2/c1-13-19(28)9-15-8-17(10-20(29)22(15)31-13)37-24-18(23(27)34-37)11-30-26(33-24)32-16-4-3-14(7-16)25(39)36-6-5-35(2)21(38)12-36/h8-11,14,16H,3-7,12H2,1-2H3,(H,30,32,33)/t14-,16-/m1/s1. The van der Waals surface area contributed by atoms with E-state index in [2.05, 4.69) is 41.3 Å². The van der Waals surface area contributed by atoms with E-state index in [1.807, 2.05) is 0 Å². The average molecular weight is 599 g/mol. The zero-order valence-corrected chi connectivity index (χ0v) is 22.9. The first kappa shape index (κ1) is 25.5. The first-order valence-corrected chi connectivity index (χ1v) is 13.4. The summed E-state index contributed by atoms with van der Waals surface area (Å²) in [4.78, 5) is 41.4. The highest BCUT2D eigenvalue weighted by molar-refractivity contribution is 9.10. The average Bonchev–Trinajstić information content (AvgIpc) is 3.50. The summed E-state index contributed by atoms with van der Waals surface area (Å²) < 4.78 is 31.0. The van der Waals surface area contributed by atoms with E-state index in [-0.39, 0.29) is 41.5 Å². The van der Waals surface area contributed by atoms with Crippen LogP contribution in [0, 0.1) is 24.5 Å². The van der Waals surface area contributed by atoms with Gasteiger partial charge in [-0.1, -0.05) is 0 Å². The Labute approximate surface area is 230 Å². The predicted octanol–water partition coefficient (Wildman–Crippen LogP) is 3.59. The van der Waals surface area contributed by atoms with Gasteiger partial charge in [-0.15, -0.1) is 0 Å². The van der Waals surface area contributed by atoms with Crippen molar-refractivity contribution in [1.29, 1.82) is 0 Å². The lowest BCUT2D eigenvalue weighted by molar-refractivity contribution is -0.146. The topological polar surface area (TPSA) is 109 Å². The molecule has 1 saturated carbocycles. The molecular formula is C26H25BrF2N8O2. The Morgan fingerprint density at radius 2 is 1.95 bits per heavy atom. The van der Waals surface area contributed by atoms with Gasteiger partial charge < -0.3 is 15.1 Å². The van der Waals surface area contributed by atoms with Crippen LogP contribution in [0.1, 0.15) is 25.0 Å². The summed E-state index contributed by atoms with van der Waals surface area (Å²) in [5.74, 6) is -0.962. The fourth-order valence-corrected chi connectivity index (χ4v) is 5.70. The van der Waals surface area contributed by atoms with Crippen LogP contribution in [-0.4, -0.2) is 79.1 Å². The largest absolute Gasteiger partial charge is 0.351 e. The molecular weight excluding hydrogens is 574 g/mol. The lowest BCUT2D eigenvalue weighted by Crippen LogP contribution is -2.52. The zero-order valence-electron chi connectivity index (χ0n) is 21.3. The molecule has 1 N–H and O–H groups in total. The molecule has 6 rings (SSSR count). The van der Waals surface area contributed by atoms with Gasteiger partial charge in [0.15, 0.2) is 11.5 Å². The first-order valence-electron chi connectivity index (χ1n) is 12.6. The maximum Gasteiger partial charge on any atom is 0.241 e. The van der Waals surface area contributed by atoms with Gasteiger partial charge in [0, 0.05) is 49.7 Å². The van der Waals surface area contributed by atoms with E-state index in [0.29, 0.717) is 58.6 Å². The summed E-state index contributed by atoms with van der Waals surface area (Å²) in [6.45, 7) is 2.70. The number of piperazine rings is 1. The molecule has 4 heterocycles. The third kappa shape index (κ3) is 4.68. The van der Waals surface area contributed by atoms with Gasteiger partial charge in [-0.05, 0) is 54.2 Å². The second-order valence-electron chi connectivity index (χ2n) is 10.1. The molecule has 1 aromatic carbocycles. The quantitative estimate of drug-likeness (QED) is 0.382. The Bertz CT molecular complexity index is 1640. The summed E-state index contributed by atoms with van der Waals surface area (Å²) >= 11 is 3.42. The van der Waals surface area contributed by atoms with Gasteiger partial charge in [0.05, 0.1) is 23.3 Å². The van der Waals surface area contributed by atoms with E-state index in [1.54, 1.807) is 29.1 Å². The Morgan fingerprint density at radius 3 is 2.74 bits per heavy atom. The number of amides is 2. The number of likely N-dealkylation sites (N-methyl/N-ethyl adjacent to an activating group) is 1. The third-order valence-corrected chi connectivity index (χ3v) is 8.08. The molecule has 2 aliphatic rings. The van der Waals surface area contributed by atoms with Crippen LogP contribution >= 0.6 is 15.9 Å². The minimum Gasteiger partial charge on any atom is -0.351 e. The van der Waals surface area contributed by atoms with Crippen LogP contribution in [-0.2, 0) is 9.59 Å². The molecule has 3 aromatic heterocycles. The fourth-order valence-electron chi connectivity index (χ4n) is 5.26. The summed E-state index contributed by atoms with van der Waals surface area (Å²) in [7, 11) is 1.75. The van der Waals surface area contributed by atoms with E-state index >= 15 is 0 Å². The van der Waals surface area contributed by atoms with Crippen LogP contribution in [0.2, 0.25) is 0 Å². The number of hydrogen-bond acceptors (Lipinski definition) is 7. The minimum atomic E-state index is -0.596. The van der Waals surface area contributed by atoms with Gasteiger partial charge in [0.25, 0.3) is 0 Å². The fraction of sp³-hybridized carbons (Fsp3) is 0.385. The molecule has 1 saturated heterocycles.